The number of H-pyrrole nitrogens is 1. The highest BCUT2D eigenvalue weighted by Crippen LogP contribution is 2.18. The second kappa shape index (κ2) is 4.10. The van der Waals surface area contributed by atoms with Crippen molar-refractivity contribution < 1.29 is 4.74 Å². The van der Waals surface area contributed by atoms with E-state index in [0.717, 1.165) is 6.42 Å². The molecule has 0 unspecified atom stereocenters. The van der Waals surface area contributed by atoms with Gasteiger partial charge in [0.1, 0.15) is 5.75 Å². The van der Waals surface area contributed by atoms with Gasteiger partial charge in [-0.15, -0.1) is 0 Å². The van der Waals surface area contributed by atoms with E-state index < -0.39 is 0 Å². The zero-order chi connectivity index (χ0) is 12.5. The van der Waals surface area contributed by atoms with Gasteiger partial charge in [-0.05, 0) is 29.0 Å². The molecule has 0 aliphatic heterocycles. The Morgan fingerprint density at radius 3 is 3.17 bits per heavy atom. The molecule has 3 rings (SSSR count). The number of nitrogens with zero attached hydrogens (tertiary/aromatic N) is 4. The molecule has 1 N–H and O–H groups in total. The number of hydrogen-bond donors (Lipinski definition) is 1. The van der Waals surface area contributed by atoms with Crippen molar-refractivity contribution in [3.8, 4) is 5.75 Å². The van der Waals surface area contributed by atoms with E-state index in [1.165, 1.54) is 4.52 Å². The van der Waals surface area contributed by atoms with E-state index in [0.29, 0.717) is 29.0 Å². The molecule has 7 nitrogen and oxygen atoms in total. The Morgan fingerprint density at radius 2 is 2.33 bits per heavy atom. The number of fused-ring (bicyclic) bond motifs is 3. The minimum atomic E-state index is -0.214. The summed E-state index contributed by atoms with van der Waals surface area (Å²) in [6.45, 7) is 2.67. The van der Waals surface area contributed by atoms with Crippen LogP contribution in [0.4, 0.5) is 0 Å². The van der Waals surface area contributed by atoms with Crippen LogP contribution in [0.25, 0.3) is 16.7 Å². The molecule has 18 heavy (non-hydrogen) atoms. The lowest BCUT2D eigenvalue weighted by atomic mass is 10.2. The molecule has 0 fully saturated rings. The normalized spacial score (nSPS) is 11.2. The first kappa shape index (κ1) is 10.7. The van der Waals surface area contributed by atoms with Crippen LogP contribution in [-0.2, 0) is 0 Å². The average Bonchev–Trinajstić information content (AvgIpc) is 2.84. The molecule has 0 saturated carbocycles. The number of ether oxygens (including phenoxy) is 1. The van der Waals surface area contributed by atoms with Crippen molar-refractivity contribution in [3.05, 3.63) is 28.6 Å². The molecule has 0 atom stereocenters. The summed E-state index contributed by atoms with van der Waals surface area (Å²) in [5.41, 5.74) is 0.418. The molecule has 92 valence electrons. The van der Waals surface area contributed by atoms with Gasteiger partial charge in [-0.2, -0.15) is 4.52 Å². The van der Waals surface area contributed by atoms with E-state index in [2.05, 4.69) is 20.5 Å². The third-order valence-corrected chi connectivity index (χ3v) is 2.61. The molecule has 0 saturated heterocycles. The largest absolute Gasteiger partial charge is 0.494 e. The lowest BCUT2D eigenvalue weighted by Crippen LogP contribution is -2.10. The summed E-state index contributed by atoms with van der Waals surface area (Å²) in [7, 11) is 0. The van der Waals surface area contributed by atoms with Gasteiger partial charge >= 0.3 is 0 Å². The lowest BCUT2D eigenvalue weighted by molar-refractivity contribution is 0.318. The summed E-state index contributed by atoms with van der Waals surface area (Å²) in [6.07, 6.45) is 0.924. The minimum absolute atomic E-state index is 0.214. The fourth-order valence-corrected chi connectivity index (χ4v) is 1.78. The number of aromatic amines is 1. The van der Waals surface area contributed by atoms with E-state index in [1.54, 1.807) is 18.2 Å². The van der Waals surface area contributed by atoms with Crippen molar-refractivity contribution in [1.29, 1.82) is 0 Å². The van der Waals surface area contributed by atoms with Crippen LogP contribution in [0.5, 0.6) is 5.75 Å². The first-order valence-electron chi connectivity index (χ1n) is 5.66. The fourth-order valence-electron chi connectivity index (χ4n) is 1.78. The first-order valence-corrected chi connectivity index (χ1v) is 5.66. The van der Waals surface area contributed by atoms with Gasteiger partial charge in [-0.25, -0.2) is 0 Å². The minimum Gasteiger partial charge on any atom is -0.494 e. The third-order valence-electron chi connectivity index (χ3n) is 2.61. The summed E-state index contributed by atoms with van der Waals surface area (Å²) in [5, 5.41) is 11.6. The van der Waals surface area contributed by atoms with Crippen molar-refractivity contribution >= 4 is 16.7 Å². The zero-order valence-corrected chi connectivity index (χ0v) is 9.75. The number of tetrazole rings is 1. The van der Waals surface area contributed by atoms with Crippen molar-refractivity contribution in [2.45, 2.75) is 13.3 Å². The van der Waals surface area contributed by atoms with Gasteiger partial charge in [-0.3, -0.25) is 9.78 Å². The van der Waals surface area contributed by atoms with E-state index in [9.17, 15) is 4.79 Å². The maximum absolute atomic E-state index is 11.8. The standard InChI is InChI=1S/C11H11N5O2/c1-2-5-18-7-3-4-8-9(6-7)16-11(12-10(8)17)13-14-15-16/h3-4,6H,2,5H2,1H3,(H,12,13,15,17). The number of rotatable bonds is 3. The molecule has 0 spiro atoms. The number of benzene rings is 1. The van der Waals surface area contributed by atoms with Crippen LogP contribution < -0.4 is 10.3 Å². The zero-order valence-electron chi connectivity index (χ0n) is 9.75. The highest BCUT2D eigenvalue weighted by molar-refractivity contribution is 5.80. The van der Waals surface area contributed by atoms with E-state index in [1.807, 2.05) is 6.92 Å². The average molecular weight is 245 g/mol. The number of hydrogen-bond acceptors (Lipinski definition) is 5. The molecule has 2 aromatic heterocycles. The molecule has 0 amide bonds. The highest BCUT2D eigenvalue weighted by atomic mass is 16.5. The van der Waals surface area contributed by atoms with Crippen LogP contribution in [0.2, 0.25) is 0 Å². The second-order valence-corrected chi connectivity index (χ2v) is 3.90. The van der Waals surface area contributed by atoms with Crippen LogP contribution in [0.1, 0.15) is 13.3 Å². The molecule has 7 heteroatoms. The van der Waals surface area contributed by atoms with E-state index in [-0.39, 0.29) is 5.56 Å². The van der Waals surface area contributed by atoms with Crippen molar-refractivity contribution in [1.82, 2.24) is 25.0 Å². The van der Waals surface area contributed by atoms with Gasteiger partial charge < -0.3 is 4.74 Å². The van der Waals surface area contributed by atoms with Gasteiger partial charge in [-0.1, -0.05) is 12.0 Å². The predicted octanol–water partition coefficient (Wildman–Crippen LogP) is 0.755. The molecule has 0 bridgehead atoms. The summed E-state index contributed by atoms with van der Waals surface area (Å²) in [4.78, 5) is 14.4. The Hall–Kier alpha value is -2.44. The highest BCUT2D eigenvalue weighted by Gasteiger charge is 2.08. The molecule has 1 aromatic carbocycles. The van der Waals surface area contributed by atoms with Crippen molar-refractivity contribution in [3.63, 3.8) is 0 Å². The quantitative estimate of drug-likeness (QED) is 0.736. The van der Waals surface area contributed by atoms with Gasteiger partial charge in [0.15, 0.2) is 0 Å². The molecule has 0 radical (unpaired) electrons. The van der Waals surface area contributed by atoms with Crippen LogP contribution in [0, 0.1) is 0 Å². The van der Waals surface area contributed by atoms with Crippen LogP contribution in [0.15, 0.2) is 23.0 Å². The lowest BCUT2D eigenvalue weighted by Gasteiger charge is -2.05. The van der Waals surface area contributed by atoms with E-state index in [4.69, 9.17) is 4.74 Å². The SMILES string of the molecule is CCCOc1ccc2c(=O)[nH]c3nnnn3c2c1. The Morgan fingerprint density at radius 1 is 1.44 bits per heavy atom. The molecule has 0 aliphatic rings. The molecular weight excluding hydrogens is 234 g/mol. The van der Waals surface area contributed by atoms with Crippen LogP contribution in [0.3, 0.4) is 0 Å². The fraction of sp³-hybridized carbons (Fsp3) is 0.273. The molecule has 3 aromatic rings. The summed E-state index contributed by atoms with van der Waals surface area (Å²) in [5.74, 6) is 1.02. The van der Waals surface area contributed by atoms with Gasteiger partial charge in [0.25, 0.3) is 11.3 Å². The van der Waals surface area contributed by atoms with Gasteiger partial charge in [0.2, 0.25) is 0 Å². The summed E-state index contributed by atoms with van der Waals surface area (Å²) >= 11 is 0. The van der Waals surface area contributed by atoms with Gasteiger partial charge in [0, 0.05) is 6.07 Å². The van der Waals surface area contributed by atoms with Crippen molar-refractivity contribution in [2.75, 3.05) is 6.61 Å². The number of aromatic nitrogens is 5. The molecular formula is C11H11N5O2. The monoisotopic (exact) mass is 245 g/mol. The van der Waals surface area contributed by atoms with E-state index >= 15 is 0 Å². The summed E-state index contributed by atoms with van der Waals surface area (Å²) in [6, 6.07) is 5.24. The maximum Gasteiger partial charge on any atom is 0.260 e. The maximum atomic E-state index is 11.8. The smallest absolute Gasteiger partial charge is 0.260 e. The molecule has 0 aliphatic carbocycles. The summed E-state index contributed by atoms with van der Waals surface area (Å²) < 4.78 is 7.02. The molecule has 2 heterocycles. The Balaban J connectivity index is 2.27. The van der Waals surface area contributed by atoms with Crippen LogP contribution >= 0.6 is 0 Å². The Kier molecular flexibility index (Phi) is 2.44. The Bertz CT molecular complexity index is 761. The number of nitrogens with one attached hydrogen (secondary N) is 1. The first-order chi connectivity index (χ1) is 8.79. The second-order valence-electron chi connectivity index (χ2n) is 3.90. The topological polar surface area (TPSA) is 85.2 Å². The van der Waals surface area contributed by atoms with Crippen molar-refractivity contribution in [2.24, 2.45) is 0 Å². The predicted molar refractivity (Wildman–Crippen MR) is 64.7 cm³/mol. The van der Waals surface area contributed by atoms with Crippen LogP contribution in [-0.4, -0.2) is 31.6 Å². The third kappa shape index (κ3) is 1.60. The Labute approximate surface area is 101 Å². The van der Waals surface area contributed by atoms with Gasteiger partial charge in [0.05, 0.1) is 17.5 Å².